The van der Waals surface area contributed by atoms with Gasteiger partial charge in [0.05, 0.1) is 19.2 Å². The van der Waals surface area contributed by atoms with Crippen LogP contribution in [0.4, 0.5) is 0 Å². The van der Waals surface area contributed by atoms with E-state index >= 15 is 0 Å². The molecule has 1 amide bonds. The van der Waals surface area contributed by atoms with Crippen molar-refractivity contribution in [2.75, 3.05) is 19.7 Å². The number of amides is 1. The molecule has 1 fully saturated rings. The molecule has 138 valence electrons. The largest absolute Gasteiger partial charge is 0.486 e. The molecule has 0 atom stereocenters. The van der Waals surface area contributed by atoms with E-state index in [1.807, 2.05) is 42.5 Å². The minimum absolute atomic E-state index is 0.0148. The third-order valence-corrected chi connectivity index (χ3v) is 4.45. The SMILES string of the molecule is Cc1cc(OC2CN(C(=O)COc3ccc4ccccc4c3)C2)cc(=O)o1. The summed E-state index contributed by atoms with van der Waals surface area (Å²) in [6.07, 6.45) is -0.129. The van der Waals surface area contributed by atoms with E-state index in [1.165, 1.54) is 6.07 Å². The minimum Gasteiger partial charge on any atom is -0.486 e. The van der Waals surface area contributed by atoms with Gasteiger partial charge < -0.3 is 18.8 Å². The minimum atomic E-state index is -0.443. The molecule has 2 heterocycles. The van der Waals surface area contributed by atoms with Gasteiger partial charge in [0.15, 0.2) is 6.61 Å². The normalized spacial score (nSPS) is 14.0. The van der Waals surface area contributed by atoms with Crippen molar-refractivity contribution in [3.63, 3.8) is 0 Å². The first-order valence-electron chi connectivity index (χ1n) is 8.75. The fraction of sp³-hybridized carbons (Fsp3) is 0.238. The summed E-state index contributed by atoms with van der Waals surface area (Å²) in [5, 5.41) is 2.20. The monoisotopic (exact) mass is 365 g/mol. The van der Waals surface area contributed by atoms with E-state index in [0.717, 1.165) is 10.8 Å². The molecule has 1 aliphatic heterocycles. The molecule has 6 heteroatoms. The summed E-state index contributed by atoms with van der Waals surface area (Å²) >= 11 is 0. The summed E-state index contributed by atoms with van der Waals surface area (Å²) in [7, 11) is 0. The van der Waals surface area contributed by atoms with Gasteiger partial charge in [0, 0.05) is 6.07 Å². The highest BCUT2D eigenvalue weighted by Crippen LogP contribution is 2.21. The van der Waals surface area contributed by atoms with Gasteiger partial charge in [0.25, 0.3) is 5.91 Å². The second-order valence-electron chi connectivity index (χ2n) is 6.56. The van der Waals surface area contributed by atoms with Gasteiger partial charge in [0.1, 0.15) is 23.4 Å². The van der Waals surface area contributed by atoms with Gasteiger partial charge in [-0.3, -0.25) is 4.79 Å². The first-order chi connectivity index (χ1) is 13.1. The Balaban J connectivity index is 1.28. The van der Waals surface area contributed by atoms with Gasteiger partial charge in [-0.05, 0) is 29.8 Å². The van der Waals surface area contributed by atoms with Crippen LogP contribution in [0.5, 0.6) is 11.5 Å². The van der Waals surface area contributed by atoms with Gasteiger partial charge in [-0.2, -0.15) is 0 Å². The molecule has 0 aliphatic carbocycles. The fourth-order valence-corrected chi connectivity index (χ4v) is 3.05. The number of likely N-dealkylation sites (tertiary alicyclic amines) is 1. The van der Waals surface area contributed by atoms with E-state index in [1.54, 1.807) is 17.9 Å². The Morgan fingerprint density at radius 3 is 2.63 bits per heavy atom. The summed E-state index contributed by atoms with van der Waals surface area (Å²) in [6.45, 7) is 2.62. The quantitative estimate of drug-likeness (QED) is 0.695. The Bertz CT molecular complexity index is 1040. The smallest absolute Gasteiger partial charge is 0.339 e. The molecular weight excluding hydrogens is 346 g/mol. The highest BCUT2D eigenvalue weighted by atomic mass is 16.5. The van der Waals surface area contributed by atoms with E-state index in [4.69, 9.17) is 13.9 Å². The molecule has 3 aromatic rings. The third-order valence-electron chi connectivity index (χ3n) is 4.45. The first-order valence-corrected chi connectivity index (χ1v) is 8.75. The van der Waals surface area contributed by atoms with Crippen molar-refractivity contribution < 1.29 is 18.7 Å². The number of hydrogen-bond acceptors (Lipinski definition) is 5. The van der Waals surface area contributed by atoms with Crippen LogP contribution < -0.4 is 15.1 Å². The Morgan fingerprint density at radius 1 is 1.07 bits per heavy atom. The Labute approximate surface area is 155 Å². The zero-order valence-electron chi connectivity index (χ0n) is 14.9. The standard InChI is InChI=1S/C21H19NO5/c1-14-8-18(10-21(24)26-14)27-19-11-22(12-19)20(23)13-25-17-7-6-15-4-2-3-5-16(15)9-17/h2-10,19H,11-13H2,1H3. The summed E-state index contributed by atoms with van der Waals surface area (Å²) in [5.41, 5.74) is -0.443. The average molecular weight is 365 g/mol. The van der Waals surface area contributed by atoms with Crippen LogP contribution in [0.25, 0.3) is 10.8 Å². The van der Waals surface area contributed by atoms with Crippen LogP contribution in [0.1, 0.15) is 5.76 Å². The molecule has 0 bridgehead atoms. The highest BCUT2D eigenvalue weighted by molar-refractivity contribution is 5.84. The molecule has 0 unspecified atom stereocenters. The second-order valence-corrected chi connectivity index (χ2v) is 6.56. The lowest BCUT2D eigenvalue weighted by Gasteiger charge is -2.38. The van der Waals surface area contributed by atoms with Crippen molar-refractivity contribution in [2.24, 2.45) is 0 Å². The van der Waals surface area contributed by atoms with Crippen LogP contribution >= 0.6 is 0 Å². The topological polar surface area (TPSA) is 69.0 Å². The number of hydrogen-bond donors (Lipinski definition) is 0. The number of ether oxygens (including phenoxy) is 2. The van der Waals surface area contributed by atoms with Crippen molar-refractivity contribution in [3.8, 4) is 11.5 Å². The summed E-state index contributed by atoms with van der Waals surface area (Å²) in [5.74, 6) is 1.54. The zero-order chi connectivity index (χ0) is 18.8. The molecule has 1 aromatic heterocycles. The molecule has 1 saturated heterocycles. The lowest BCUT2D eigenvalue weighted by molar-refractivity contribution is -0.142. The zero-order valence-corrected chi connectivity index (χ0v) is 14.9. The maximum Gasteiger partial charge on any atom is 0.339 e. The van der Waals surface area contributed by atoms with E-state index < -0.39 is 5.63 Å². The van der Waals surface area contributed by atoms with Crippen molar-refractivity contribution in [1.82, 2.24) is 4.90 Å². The van der Waals surface area contributed by atoms with Crippen molar-refractivity contribution in [1.29, 1.82) is 0 Å². The third kappa shape index (κ3) is 3.95. The molecule has 4 rings (SSSR count). The van der Waals surface area contributed by atoms with Crippen molar-refractivity contribution in [3.05, 3.63) is 70.8 Å². The predicted octanol–water partition coefficient (Wildman–Crippen LogP) is 2.77. The van der Waals surface area contributed by atoms with Crippen molar-refractivity contribution in [2.45, 2.75) is 13.0 Å². The van der Waals surface area contributed by atoms with E-state index in [0.29, 0.717) is 30.3 Å². The molecule has 1 aliphatic rings. The fourth-order valence-electron chi connectivity index (χ4n) is 3.05. The Hall–Kier alpha value is -3.28. The summed E-state index contributed by atoms with van der Waals surface area (Å²) in [6, 6.07) is 16.7. The lowest BCUT2D eigenvalue weighted by Crippen LogP contribution is -2.57. The average Bonchev–Trinajstić information content (AvgIpc) is 2.61. The van der Waals surface area contributed by atoms with Crippen LogP contribution in [-0.4, -0.2) is 36.6 Å². The maximum absolute atomic E-state index is 12.2. The van der Waals surface area contributed by atoms with E-state index in [9.17, 15) is 9.59 Å². The van der Waals surface area contributed by atoms with Crippen molar-refractivity contribution >= 4 is 16.7 Å². The number of rotatable bonds is 5. The van der Waals surface area contributed by atoms with Crippen LogP contribution in [0, 0.1) is 6.92 Å². The molecular formula is C21H19NO5. The Kier molecular flexibility index (Phi) is 4.54. The second kappa shape index (κ2) is 7.15. The predicted molar refractivity (Wildman–Crippen MR) is 100 cm³/mol. The van der Waals surface area contributed by atoms with Crippen LogP contribution in [0.2, 0.25) is 0 Å². The maximum atomic E-state index is 12.2. The van der Waals surface area contributed by atoms with E-state index in [2.05, 4.69) is 0 Å². The molecule has 27 heavy (non-hydrogen) atoms. The number of nitrogens with zero attached hydrogens (tertiary/aromatic N) is 1. The Morgan fingerprint density at radius 2 is 1.85 bits per heavy atom. The van der Waals surface area contributed by atoms with Crippen LogP contribution in [0.15, 0.2) is 63.8 Å². The lowest BCUT2D eigenvalue weighted by atomic mass is 10.1. The molecule has 0 saturated carbocycles. The van der Waals surface area contributed by atoms with Gasteiger partial charge in [-0.1, -0.05) is 30.3 Å². The van der Waals surface area contributed by atoms with Gasteiger partial charge in [0.2, 0.25) is 0 Å². The number of aryl methyl sites for hydroxylation is 1. The van der Waals surface area contributed by atoms with E-state index in [-0.39, 0.29) is 18.6 Å². The van der Waals surface area contributed by atoms with Crippen LogP contribution in [0.3, 0.4) is 0 Å². The van der Waals surface area contributed by atoms with Gasteiger partial charge in [-0.15, -0.1) is 0 Å². The number of carbonyl (C=O) groups is 1. The molecule has 0 spiro atoms. The highest BCUT2D eigenvalue weighted by Gasteiger charge is 2.32. The number of carbonyl (C=O) groups excluding carboxylic acids is 1. The van der Waals surface area contributed by atoms with Gasteiger partial charge >= 0.3 is 5.63 Å². The number of fused-ring (bicyclic) bond motifs is 1. The molecule has 2 aromatic carbocycles. The molecule has 0 N–H and O–H groups in total. The molecule has 6 nitrogen and oxygen atoms in total. The summed E-state index contributed by atoms with van der Waals surface area (Å²) in [4.78, 5) is 25.3. The molecule has 0 radical (unpaired) electrons. The first kappa shape index (κ1) is 17.1. The number of benzene rings is 2. The summed E-state index contributed by atoms with van der Waals surface area (Å²) < 4.78 is 16.2. The van der Waals surface area contributed by atoms with Crippen LogP contribution in [-0.2, 0) is 4.79 Å². The van der Waals surface area contributed by atoms with Gasteiger partial charge in [-0.25, -0.2) is 4.79 Å².